The smallest absolute Gasteiger partial charge is 0.270 e. The van der Waals surface area contributed by atoms with Crippen LogP contribution >= 0.6 is 0 Å². The van der Waals surface area contributed by atoms with Gasteiger partial charge in [0.25, 0.3) is 5.89 Å². The van der Waals surface area contributed by atoms with E-state index in [0.717, 1.165) is 11.1 Å². The van der Waals surface area contributed by atoms with Crippen molar-refractivity contribution in [2.24, 2.45) is 0 Å². The van der Waals surface area contributed by atoms with Gasteiger partial charge in [-0.25, -0.2) is 9.97 Å². The SMILES string of the molecule is CC(=O)Nc1cccc(-c2cnc(N)c(-c3nnc(-c4ccccc4)o3)n2)c1.[HH].[HH].[HH]. The van der Waals surface area contributed by atoms with Crippen LogP contribution in [0.1, 0.15) is 11.2 Å². The van der Waals surface area contributed by atoms with Gasteiger partial charge in [-0.05, 0) is 24.3 Å². The number of hydrogen-bond donors (Lipinski definition) is 2. The molecule has 0 fully saturated rings. The molecule has 28 heavy (non-hydrogen) atoms. The van der Waals surface area contributed by atoms with Crippen LogP contribution in [0.5, 0.6) is 0 Å². The van der Waals surface area contributed by atoms with Gasteiger partial charge in [-0.3, -0.25) is 4.79 Å². The maximum atomic E-state index is 11.3. The number of carbonyl (C=O) groups excluding carboxylic acids is 1. The lowest BCUT2D eigenvalue weighted by molar-refractivity contribution is -0.114. The van der Waals surface area contributed by atoms with Crippen molar-refractivity contribution in [3.8, 4) is 34.3 Å². The molecule has 144 valence electrons. The molecule has 2 aromatic heterocycles. The number of aromatic nitrogens is 4. The number of nitrogens with one attached hydrogen (secondary N) is 1. The molecule has 0 radical (unpaired) electrons. The van der Waals surface area contributed by atoms with E-state index < -0.39 is 0 Å². The first-order valence-electron chi connectivity index (χ1n) is 8.50. The molecule has 8 nitrogen and oxygen atoms in total. The standard InChI is InChI=1S/C20H16N6O2.3H2/c1-12(27)23-15-9-5-8-14(10-15)16-11-22-18(21)17(24-16)20-26-25-19(28-20)13-6-3-2-4-7-13;;;/h2-11H,1H3,(H2,21,22)(H,23,27);3*1H. The van der Waals surface area contributed by atoms with Gasteiger partial charge in [0.15, 0.2) is 11.5 Å². The molecule has 3 N–H and O–H groups in total. The number of amides is 1. The van der Waals surface area contributed by atoms with Crippen LogP contribution in [-0.2, 0) is 4.79 Å². The summed E-state index contributed by atoms with van der Waals surface area (Å²) in [4.78, 5) is 20.0. The maximum absolute atomic E-state index is 11.3. The molecule has 1 amide bonds. The molecule has 2 aromatic carbocycles. The minimum absolute atomic E-state index is 0. The van der Waals surface area contributed by atoms with Crippen LogP contribution in [0.3, 0.4) is 0 Å². The molecular weight excluding hydrogens is 356 g/mol. The summed E-state index contributed by atoms with van der Waals surface area (Å²) in [5.74, 6) is 0.587. The average molecular weight is 378 g/mol. The van der Waals surface area contributed by atoms with Gasteiger partial charge in [-0.2, -0.15) is 0 Å². The summed E-state index contributed by atoms with van der Waals surface area (Å²) in [5.41, 5.74) is 9.08. The van der Waals surface area contributed by atoms with Crippen molar-refractivity contribution in [2.45, 2.75) is 6.92 Å². The van der Waals surface area contributed by atoms with E-state index in [-0.39, 0.29) is 21.9 Å². The van der Waals surface area contributed by atoms with Crippen LogP contribution in [0, 0.1) is 0 Å². The molecule has 0 aliphatic heterocycles. The Hall–Kier alpha value is -4.07. The number of nitrogens with two attached hydrogens (primary N) is 1. The number of hydrogen-bond acceptors (Lipinski definition) is 7. The third-order valence-electron chi connectivity index (χ3n) is 3.93. The van der Waals surface area contributed by atoms with E-state index >= 15 is 0 Å². The normalized spacial score (nSPS) is 10.6. The second-order valence-electron chi connectivity index (χ2n) is 6.03. The first-order chi connectivity index (χ1) is 13.6. The lowest BCUT2D eigenvalue weighted by Crippen LogP contribution is -2.05. The number of nitrogen functional groups attached to an aromatic ring is 1. The minimum Gasteiger partial charge on any atom is -0.414 e. The first-order valence-corrected chi connectivity index (χ1v) is 8.50. The van der Waals surface area contributed by atoms with Gasteiger partial charge < -0.3 is 15.5 Å². The van der Waals surface area contributed by atoms with E-state index in [1.807, 2.05) is 42.5 Å². The van der Waals surface area contributed by atoms with Crippen LogP contribution in [0.2, 0.25) is 0 Å². The van der Waals surface area contributed by atoms with Crippen molar-refractivity contribution in [1.29, 1.82) is 0 Å². The van der Waals surface area contributed by atoms with Crippen molar-refractivity contribution < 1.29 is 13.5 Å². The van der Waals surface area contributed by atoms with Crippen molar-refractivity contribution in [1.82, 2.24) is 20.2 Å². The highest BCUT2D eigenvalue weighted by Gasteiger charge is 2.16. The Kier molecular flexibility index (Phi) is 4.51. The van der Waals surface area contributed by atoms with Gasteiger partial charge in [0.1, 0.15) is 0 Å². The first kappa shape index (κ1) is 17.3. The molecule has 4 aromatic rings. The Balaban J connectivity index is 0.00000160. The predicted octanol–water partition coefficient (Wildman–Crippen LogP) is 4.14. The fraction of sp³-hybridized carbons (Fsp3) is 0.0500. The van der Waals surface area contributed by atoms with Crippen LogP contribution in [0.4, 0.5) is 11.5 Å². The molecule has 2 heterocycles. The van der Waals surface area contributed by atoms with Crippen molar-refractivity contribution in [2.75, 3.05) is 11.1 Å². The molecule has 0 bridgehead atoms. The van der Waals surface area contributed by atoms with Gasteiger partial charge in [0.2, 0.25) is 11.8 Å². The Morgan fingerprint density at radius 2 is 1.79 bits per heavy atom. The highest BCUT2D eigenvalue weighted by atomic mass is 16.4. The van der Waals surface area contributed by atoms with Gasteiger partial charge in [0.05, 0.1) is 11.9 Å². The summed E-state index contributed by atoms with van der Waals surface area (Å²) in [6, 6.07) is 16.7. The van der Waals surface area contributed by atoms with E-state index in [1.165, 1.54) is 6.92 Å². The number of benzene rings is 2. The van der Waals surface area contributed by atoms with Crippen LogP contribution in [-0.4, -0.2) is 26.1 Å². The summed E-state index contributed by atoms with van der Waals surface area (Å²) in [6.45, 7) is 1.45. The lowest BCUT2D eigenvalue weighted by Gasteiger charge is -2.07. The fourth-order valence-corrected chi connectivity index (χ4v) is 2.67. The van der Waals surface area contributed by atoms with E-state index in [1.54, 1.807) is 18.3 Å². The van der Waals surface area contributed by atoms with E-state index in [9.17, 15) is 4.79 Å². The summed E-state index contributed by atoms with van der Waals surface area (Å²) >= 11 is 0. The van der Waals surface area contributed by atoms with Gasteiger partial charge >= 0.3 is 0 Å². The summed E-state index contributed by atoms with van der Waals surface area (Å²) in [5, 5.41) is 10.9. The number of nitrogens with zero attached hydrogens (tertiary/aromatic N) is 4. The number of rotatable bonds is 4. The molecule has 0 aliphatic rings. The number of anilines is 2. The zero-order valence-corrected chi connectivity index (χ0v) is 15.0. The number of carbonyl (C=O) groups is 1. The predicted molar refractivity (Wildman–Crippen MR) is 111 cm³/mol. The van der Waals surface area contributed by atoms with Crippen LogP contribution in [0.25, 0.3) is 34.3 Å². The zero-order valence-electron chi connectivity index (χ0n) is 15.0. The van der Waals surface area contributed by atoms with Gasteiger partial charge in [-0.1, -0.05) is 30.3 Å². The zero-order chi connectivity index (χ0) is 19.5. The summed E-state index contributed by atoms with van der Waals surface area (Å²) in [6.07, 6.45) is 1.56. The fourth-order valence-electron chi connectivity index (χ4n) is 2.67. The molecule has 4 rings (SSSR count). The monoisotopic (exact) mass is 378 g/mol. The van der Waals surface area contributed by atoms with Crippen LogP contribution in [0.15, 0.2) is 65.2 Å². The quantitative estimate of drug-likeness (QED) is 0.547. The van der Waals surface area contributed by atoms with E-state index in [4.69, 9.17) is 10.2 Å². The maximum Gasteiger partial charge on any atom is 0.270 e. The topological polar surface area (TPSA) is 120 Å². The average Bonchev–Trinajstić information content (AvgIpc) is 3.19. The Morgan fingerprint density at radius 1 is 1.04 bits per heavy atom. The Bertz CT molecular complexity index is 1150. The second-order valence-corrected chi connectivity index (χ2v) is 6.03. The Labute approximate surface area is 164 Å². The molecule has 0 saturated carbocycles. The highest BCUT2D eigenvalue weighted by molar-refractivity contribution is 5.89. The van der Waals surface area contributed by atoms with Gasteiger partial charge in [0, 0.05) is 28.0 Å². The highest BCUT2D eigenvalue weighted by Crippen LogP contribution is 2.28. The summed E-state index contributed by atoms with van der Waals surface area (Å²) in [7, 11) is 0. The van der Waals surface area contributed by atoms with Crippen molar-refractivity contribution in [3.05, 3.63) is 60.8 Å². The molecular formula is C20H22N6O2. The molecule has 0 spiro atoms. The summed E-state index contributed by atoms with van der Waals surface area (Å²) < 4.78 is 5.74. The van der Waals surface area contributed by atoms with Gasteiger partial charge in [-0.15, -0.1) is 10.2 Å². The third-order valence-corrected chi connectivity index (χ3v) is 3.93. The Morgan fingerprint density at radius 3 is 2.57 bits per heavy atom. The van der Waals surface area contributed by atoms with E-state index in [0.29, 0.717) is 23.0 Å². The second kappa shape index (κ2) is 7.28. The molecule has 0 unspecified atom stereocenters. The van der Waals surface area contributed by atoms with E-state index in [2.05, 4.69) is 25.5 Å². The van der Waals surface area contributed by atoms with Crippen molar-refractivity contribution in [3.63, 3.8) is 0 Å². The van der Waals surface area contributed by atoms with Crippen LogP contribution < -0.4 is 11.1 Å². The third kappa shape index (κ3) is 3.56. The molecule has 0 atom stereocenters. The van der Waals surface area contributed by atoms with Crippen molar-refractivity contribution >= 4 is 17.4 Å². The minimum atomic E-state index is -0.152. The molecule has 0 aliphatic carbocycles. The molecule has 0 saturated heterocycles. The lowest BCUT2D eigenvalue weighted by atomic mass is 10.1. The molecule has 8 heteroatoms. The largest absolute Gasteiger partial charge is 0.414 e.